The molecule has 0 radical (unpaired) electrons. The quantitative estimate of drug-likeness (QED) is 0.738. The molecule has 2 aromatic rings. The van der Waals surface area contributed by atoms with Gasteiger partial charge in [-0.05, 0) is 36.8 Å². The van der Waals surface area contributed by atoms with E-state index in [4.69, 9.17) is 9.47 Å². The fourth-order valence-corrected chi connectivity index (χ4v) is 4.17. The van der Waals surface area contributed by atoms with Gasteiger partial charge in [-0.15, -0.1) is 0 Å². The first-order valence-corrected chi connectivity index (χ1v) is 11.1. The molecule has 0 spiro atoms. The van der Waals surface area contributed by atoms with Crippen molar-refractivity contribution >= 4 is 23.5 Å². The van der Waals surface area contributed by atoms with E-state index in [1.807, 2.05) is 48.2 Å². The number of piperazine rings is 1. The largest absolute Gasteiger partial charge is 0.454 e. The molecule has 2 amide bonds. The highest BCUT2D eigenvalue weighted by Gasteiger charge is 2.30. The molecular weight excluding hydrogens is 422 g/mol. The summed E-state index contributed by atoms with van der Waals surface area (Å²) in [6.45, 7) is 6.15. The SMILES string of the molecule is Cc1ccc(NC(=O)C2CC(=O)NC(N3CCN(Cc4ccc5c(c4)OCO5)CC3)=N2)cc1. The Balaban J connectivity index is 1.18. The Morgan fingerprint density at radius 3 is 2.64 bits per heavy atom. The number of guanidine groups is 1. The number of anilines is 1. The van der Waals surface area contributed by atoms with Crippen molar-refractivity contribution < 1.29 is 19.1 Å². The van der Waals surface area contributed by atoms with Crippen LogP contribution in [0.5, 0.6) is 11.5 Å². The Morgan fingerprint density at radius 1 is 1.09 bits per heavy atom. The van der Waals surface area contributed by atoms with E-state index in [2.05, 4.69) is 26.6 Å². The van der Waals surface area contributed by atoms with Gasteiger partial charge in [0.05, 0.1) is 6.42 Å². The molecule has 172 valence electrons. The maximum atomic E-state index is 12.7. The number of ether oxygens (including phenoxy) is 2. The second kappa shape index (κ2) is 9.11. The molecule has 0 aromatic heterocycles. The first-order valence-electron chi connectivity index (χ1n) is 11.1. The smallest absolute Gasteiger partial charge is 0.249 e. The van der Waals surface area contributed by atoms with E-state index in [1.165, 1.54) is 5.56 Å². The standard InChI is InChI=1S/C24H27N5O4/c1-16-2-5-18(6-3-16)25-23(31)19-13-22(30)27-24(26-19)29-10-8-28(9-11-29)14-17-4-7-20-21(12-17)33-15-32-20/h2-7,12,19H,8-11,13-15H2,1H3,(H,25,31)(H,26,27,30). The molecule has 0 saturated carbocycles. The molecule has 9 nitrogen and oxygen atoms in total. The summed E-state index contributed by atoms with van der Waals surface area (Å²) in [6.07, 6.45) is 0.0469. The predicted molar refractivity (Wildman–Crippen MR) is 123 cm³/mol. The van der Waals surface area contributed by atoms with Gasteiger partial charge < -0.3 is 19.7 Å². The number of aliphatic imine (C=N–C) groups is 1. The summed E-state index contributed by atoms with van der Waals surface area (Å²) in [7, 11) is 0. The van der Waals surface area contributed by atoms with E-state index in [-0.39, 0.29) is 25.0 Å². The Kier molecular flexibility index (Phi) is 5.87. The molecule has 1 atom stereocenters. The van der Waals surface area contributed by atoms with E-state index in [1.54, 1.807) is 0 Å². The molecule has 2 aromatic carbocycles. The van der Waals surface area contributed by atoms with E-state index in [0.717, 1.165) is 49.8 Å². The minimum absolute atomic E-state index is 0.0469. The van der Waals surface area contributed by atoms with Gasteiger partial charge in [0, 0.05) is 38.4 Å². The fraction of sp³-hybridized carbons (Fsp3) is 0.375. The molecule has 9 heteroatoms. The van der Waals surface area contributed by atoms with E-state index >= 15 is 0 Å². The van der Waals surface area contributed by atoms with Crippen molar-refractivity contribution in [2.24, 2.45) is 4.99 Å². The van der Waals surface area contributed by atoms with Gasteiger partial charge in [0.15, 0.2) is 11.5 Å². The number of hydrogen-bond donors (Lipinski definition) is 2. The van der Waals surface area contributed by atoms with Crippen molar-refractivity contribution in [3.05, 3.63) is 53.6 Å². The van der Waals surface area contributed by atoms with Crippen molar-refractivity contribution in [3.8, 4) is 11.5 Å². The summed E-state index contributed by atoms with van der Waals surface area (Å²) in [6, 6.07) is 12.9. The maximum Gasteiger partial charge on any atom is 0.249 e. The Hall–Kier alpha value is -3.59. The summed E-state index contributed by atoms with van der Waals surface area (Å²) in [5.41, 5.74) is 2.98. The van der Waals surface area contributed by atoms with Crippen LogP contribution in [0.1, 0.15) is 17.5 Å². The zero-order chi connectivity index (χ0) is 22.8. The third-order valence-electron chi connectivity index (χ3n) is 6.04. The summed E-state index contributed by atoms with van der Waals surface area (Å²) in [4.78, 5) is 34.0. The summed E-state index contributed by atoms with van der Waals surface area (Å²) in [5.74, 6) is 1.61. The number of carbonyl (C=O) groups excluding carboxylic acids is 2. The highest BCUT2D eigenvalue weighted by atomic mass is 16.7. The van der Waals surface area contributed by atoms with Crippen molar-refractivity contribution in [1.29, 1.82) is 0 Å². The van der Waals surface area contributed by atoms with Crippen LogP contribution < -0.4 is 20.1 Å². The van der Waals surface area contributed by atoms with Crippen LogP contribution >= 0.6 is 0 Å². The number of carbonyl (C=O) groups is 2. The highest BCUT2D eigenvalue weighted by Crippen LogP contribution is 2.32. The van der Waals surface area contributed by atoms with Crippen LogP contribution in [0.15, 0.2) is 47.5 Å². The maximum absolute atomic E-state index is 12.7. The van der Waals surface area contributed by atoms with Crippen LogP contribution in [0, 0.1) is 6.92 Å². The van der Waals surface area contributed by atoms with Crippen molar-refractivity contribution in [2.45, 2.75) is 25.9 Å². The molecule has 33 heavy (non-hydrogen) atoms. The lowest BCUT2D eigenvalue weighted by atomic mass is 10.1. The van der Waals surface area contributed by atoms with Gasteiger partial charge in [0.2, 0.25) is 24.6 Å². The number of hydrogen-bond acceptors (Lipinski definition) is 7. The van der Waals surface area contributed by atoms with Gasteiger partial charge in [-0.2, -0.15) is 0 Å². The van der Waals surface area contributed by atoms with Crippen molar-refractivity contribution in [2.75, 3.05) is 38.3 Å². The predicted octanol–water partition coefficient (Wildman–Crippen LogP) is 1.72. The normalized spacial score (nSPS) is 20.3. The minimum Gasteiger partial charge on any atom is -0.454 e. The van der Waals surface area contributed by atoms with Gasteiger partial charge in [-0.3, -0.25) is 19.8 Å². The lowest BCUT2D eigenvalue weighted by Gasteiger charge is -2.37. The number of amides is 2. The van der Waals surface area contributed by atoms with Crippen LogP contribution in [0.25, 0.3) is 0 Å². The number of rotatable bonds is 4. The molecular formula is C24H27N5O4. The molecule has 0 bridgehead atoms. The van der Waals surface area contributed by atoms with Gasteiger partial charge in [0.25, 0.3) is 0 Å². The topological polar surface area (TPSA) is 95.5 Å². The first-order chi connectivity index (χ1) is 16.0. The minimum atomic E-state index is -0.735. The molecule has 3 aliphatic rings. The molecule has 2 N–H and O–H groups in total. The summed E-state index contributed by atoms with van der Waals surface area (Å²) < 4.78 is 10.8. The lowest BCUT2D eigenvalue weighted by molar-refractivity contribution is -0.125. The van der Waals surface area contributed by atoms with E-state index in [9.17, 15) is 9.59 Å². The second-order valence-corrected chi connectivity index (χ2v) is 8.53. The van der Waals surface area contributed by atoms with Gasteiger partial charge in [-0.1, -0.05) is 23.8 Å². The molecule has 0 aliphatic carbocycles. The zero-order valence-electron chi connectivity index (χ0n) is 18.5. The monoisotopic (exact) mass is 449 g/mol. The number of fused-ring (bicyclic) bond motifs is 1. The van der Waals surface area contributed by atoms with Crippen molar-refractivity contribution in [1.82, 2.24) is 15.1 Å². The molecule has 1 fully saturated rings. The van der Waals surface area contributed by atoms with Gasteiger partial charge in [-0.25, -0.2) is 4.99 Å². The third kappa shape index (κ3) is 4.93. The van der Waals surface area contributed by atoms with Crippen LogP contribution in [0.3, 0.4) is 0 Å². The lowest BCUT2D eigenvalue weighted by Crippen LogP contribution is -2.56. The van der Waals surface area contributed by atoms with E-state index in [0.29, 0.717) is 11.6 Å². The zero-order valence-corrected chi connectivity index (χ0v) is 18.5. The van der Waals surface area contributed by atoms with Gasteiger partial charge >= 0.3 is 0 Å². The number of aryl methyl sites for hydroxylation is 1. The Labute approximate surface area is 192 Å². The molecule has 1 unspecified atom stereocenters. The Morgan fingerprint density at radius 2 is 1.85 bits per heavy atom. The first kappa shape index (κ1) is 21.3. The molecule has 3 aliphatic heterocycles. The summed E-state index contributed by atoms with van der Waals surface area (Å²) >= 11 is 0. The van der Waals surface area contributed by atoms with Crippen LogP contribution in [0.2, 0.25) is 0 Å². The third-order valence-corrected chi connectivity index (χ3v) is 6.04. The van der Waals surface area contributed by atoms with Crippen LogP contribution in [-0.2, 0) is 16.1 Å². The fourth-order valence-electron chi connectivity index (χ4n) is 4.17. The van der Waals surface area contributed by atoms with E-state index < -0.39 is 6.04 Å². The average molecular weight is 450 g/mol. The number of nitrogens with one attached hydrogen (secondary N) is 2. The van der Waals surface area contributed by atoms with Crippen LogP contribution in [-0.4, -0.2) is 66.6 Å². The highest BCUT2D eigenvalue weighted by molar-refractivity contribution is 6.06. The Bertz CT molecular complexity index is 1080. The van der Waals surface area contributed by atoms with Gasteiger partial charge in [0.1, 0.15) is 6.04 Å². The second-order valence-electron chi connectivity index (χ2n) is 8.53. The average Bonchev–Trinajstić information content (AvgIpc) is 3.28. The summed E-state index contributed by atoms with van der Waals surface area (Å²) in [5, 5.41) is 5.71. The van der Waals surface area contributed by atoms with Crippen LogP contribution in [0.4, 0.5) is 5.69 Å². The van der Waals surface area contributed by atoms with Crippen molar-refractivity contribution in [3.63, 3.8) is 0 Å². The molecule has 3 heterocycles. The molecule has 5 rings (SSSR count). The molecule has 1 saturated heterocycles. The number of benzene rings is 2. The number of nitrogens with zero attached hydrogens (tertiary/aromatic N) is 3.